The second kappa shape index (κ2) is 6.44. The zero-order chi connectivity index (χ0) is 15.4. The van der Waals surface area contributed by atoms with Crippen molar-refractivity contribution in [2.24, 2.45) is 5.73 Å². The van der Waals surface area contributed by atoms with E-state index in [4.69, 9.17) is 5.73 Å². The summed E-state index contributed by atoms with van der Waals surface area (Å²) in [5.74, 6) is -0.958. The molecule has 114 valence electrons. The van der Waals surface area contributed by atoms with E-state index in [-0.39, 0.29) is 43.4 Å². The first-order valence-electron chi connectivity index (χ1n) is 6.62. The Morgan fingerprint density at radius 1 is 1.29 bits per heavy atom. The highest BCUT2D eigenvalue weighted by atomic mass is 16.5. The minimum atomic E-state index is -0.585. The highest BCUT2D eigenvalue weighted by Crippen LogP contribution is 2.13. The summed E-state index contributed by atoms with van der Waals surface area (Å²) in [6.07, 6.45) is 0.901. The molecular weight excluding hydrogens is 278 g/mol. The van der Waals surface area contributed by atoms with Crippen molar-refractivity contribution < 1.29 is 19.1 Å². The number of hydrogen-bond donors (Lipinski definition) is 1. The zero-order valence-electron chi connectivity index (χ0n) is 11.7. The number of imide groups is 1. The van der Waals surface area contributed by atoms with Gasteiger partial charge in [0.05, 0.1) is 19.3 Å². The fraction of sp³-hybridized carbons (Fsp3) is 0.583. The van der Waals surface area contributed by atoms with Gasteiger partial charge in [0, 0.05) is 25.8 Å². The summed E-state index contributed by atoms with van der Waals surface area (Å²) < 4.78 is 6.12. The van der Waals surface area contributed by atoms with Crippen molar-refractivity contribution in [3.05, 3.63) is 11.4 Å². The van der Waals surface area contributed by atoms with E-state index in [0.717, 1.165) is 0 Å². The van der Waals surface area contributed by atoms with E-state index in [0.29, 0.717) is 18.7 Å². The van der Waals surface area contributed by atoms with Crippen molar-refractivity contribution >= 4 is 17.8 Å². The van der Waals surface area contributed by atoms with Gasteiger partial charge in [0.15, 0.2) is 5.69 Å². The summed E-state index contributed by atoms with van der Waals surface area (Å²) in [5, 5.41) is 7.66. The van der Waals surface area contributed by atoms with Crippen molar-refractivity contribution in [1.82, 2.24) is 19.9 Å². The Bertz CT molecular complexity index is 552. The third-order valence-electron chi connectivity index (χ3n) is 3.29. The maximum atomic E-state index is 11.6. The summed E-state index contributed by atoms with van der Waals surface area (Å²) in [6.45, 7) is 0.801. The van der Waals surface area contributed by atoms with Gasteiger partial charge in [-0.15, -0.1) is 5.10 Å². The number of nitrogens with two attached hydrogens (primary N) is 1. The van der Waals surface area contributed by atoms with Crippen LogP contribution in [0.15, 0.2) is 0 Å². The van der Waals surface area contributed by atoms with Crippen LogP contribution in [0.1, 0.15) is 29.0 Å². The highest BCUT2D eigenvalue weighted by molar-refractivity contribution is 6.01. The number of rotatable bonds is 6. The SMILES string of the molecule is COC(=O)c1nnn(CCN2C(=O)CCC2=O)c1CCN. The van der Waals surface area contributed by atoms with Crippen LogP contribution in [0.4, 0.5) is 0 Å². The van der Waals surface area contributed by atoms with Gasteiger partial charge in [-0.05, 0) is 6.54 Å². The van der Waals surface area contributed by atoms with Crippen molar-refractivity contribution in [3.8, 4) is 0 Å². The lowest BCUT2D eigenvalue weighted by molar-refractivity contribution is -0.138. The zero-order valence-corrected chi connectivity index (χ0v) is 11.7. The van der Waals surface area contributed by atoms with Gasteiger partial charge < -0.3 is 10.5 Å². The molecule has 1 aliphatic rings. The molecule has 0 aliphatic carbocycles. The quantitative estimate of drug-likeness (QED) is 0.512. The van der Waals surface area contributed by atoms with Crippen molar-refractivity contribution in [1.29, 1.82) is 0 Å². The van der Waals surface area contributed by atoms with Gasteiger partial charge >= 0.3 is 5.97 Å². The maximum absolute atomic E-state index is 11.6. The Balaban J connectivity index is 2.12. The van der Waals surface area contributed by atoms with Crippen molar-refractivity contribution in [3.63, 3.8) is 0 Å². The molecule has 0 radical (unpaired) electrons. The standard InChI is InChI=1S/C12H17N5O4/c1-21-12(20)11-8(4-5-13)17(15-14-11)7-6-16-9(18)2-3-10(16)19/h2-7,13H2,1H3. The van der Waals surface area contributed by atoms with Gasteiger partial charge in [-0.1, -0.05) is 5.21 Å². The predicted octanol–water partition coefficient (Wildman–Crippen LogP) is -1.29. The van der Waals surface area contributed by atoms with Crippen molar-refractivity contribution in [2.45, 2.75) is 25.8 Å². The normalized spacial score (nSPS) is 14.9. The summed E-state index contributed by atoms with van der Waals surface area (Å²) in [5.41, 5.74) is 6.18. The first kappa shape index (κ1) is 15.1. The van der Waals surface area contributed by atoms with E-state index in [1.165, 1.54) is 16.7 Å². The van der Waals surface area contributed by atoms with E-state index in [1.807, 2.05) is 0 Å². The number of esters is 1. The molecule has 0 spiro atoms. The molecule has 2 amide bonds. The van der Waals surface area contributed by atoms with Crippen LogP contribution in [0.2, 0.25) is 0 Å². The van der Waals surface area contributed by atoms with Crippen LogP contribution in [0.3, 0.4) is 0 Å². The number of amides is 2. The first-order valence-corrected chi connectivity index (χ1v) is 6.62. The Morgan fingerprint density at radius 3 is 2.52 bits per heavy atom. The number of hydrogen-bond acceptors (Lipinski definition) is 7. The smallest absolute Gasteiger partial charge is 0.360 e. The van der Waals surface area contributed by atoms with Crippen LogP contribution in [0, 0.1) is 0 Å². The molecule has 2 heterocycles. The fourth-order valence-electron chi connectivity index (χ4n) is 2.22. The molecule has 21 heavy (non-hydrogen) atoms. The average molecular weight is 295 g/mol. The first-order chi connectivity index (χ1) is 10.1. The lowest BCUT2D eigenvalue weighted by atomic mass is 10.2. The topological polar surface area (TPSA) is 120 Å². The number of ether oxygens (including phenoxy) is 1. The minimum absolute atomic E-state index is 0.113. The summed E-state index contributed by atoms with van der Waals surface area (Å²) in [6, 6.07) is 0. The number of likely N-dealkylation sites (tertiary alicyclic amines) is 1. The summed E-state index contributed by atoms with van der Waals surface area (Å²) in [4.78, 5) is 35.9. The number of carbonyl (C=O) groups is 3. The number of carbonyl (C=O) groups excluding carboxylic acids is 3. The lowest BCUT2D eigenvalue weighted by Crippen LogP contribution is -2.33. The monoisotopic (exact) mass is 295 g/mol. The van der Waals surface area contributed by atoms with E-state index in [9.17, 15) is 14.4 Å². The molecule has 1 fully saturated rings. The Morgan fingerprint density at radius 2 is 1.95 bits per heavy atom. The van der Waals surface area contributed by atoms with Crippen LogP contribution in [0.25, 0.3) is 0 Å². The van der Waals surface area contributed by atoms with Crippen LogP contribution < -0.4 is 5.73 Å². The lowest BCUT2D eigenvalue weighted by Gasteiger charge is -2.14. The molecule has 2 rings (SSSR count). The molecule has 1 aromatic rings. The van der Waals surface area contributed by atoms with E-state index in [2.05, 4.69) is 15.0 Å². The molecule has 0 unspecified atom stereocenters. The molecule has 2 N–H and O–H groups in total. The van der Waals surface area contributed by atoms with Crippen LogP contribution >= 0.6 is 0 Å². The average Bonchev–Trinajstić information content (AvgIpc) is 3.01. The molecule has 1 aromatic heterocycles. The molecule has 0 aromatic carbocycles. The fourth-order valence-corrected chi connectivity index (χ4v) is 2.22. The van der Waals surface area contributed by atoms with Gasteiger partial charge in [-0.3, -0.25) is 14.5 Å². The molecule has 1 saturated heterocycles. The Labute approximate surface area is 121 Å². The van der Waals surface area contributed by atoms with E-state index >= 15 is 0 Å². The molecule has 9 nitrogen and oxygen atoms in total. The van der Waals surface area contributed by atoms with Crippen LogP contribution in [-0.2, 0) is 27.3 Å². The molecule has 0 saturated carbocycles. The predicted molar refractivity (Wildman–Crippen MR) is 70.1 cm³/mol. The molecule has 1 aliphatic heterocycles. The van der Waals surface area contributed by atoms with Crippen LogP contribution in [-0.4, -0.2) is 57.9 Å². The number of nitrogens with zero attached hydrogens (tertiary/aromatic N) is 4. The third kappa shape index (κ3) is 3.07. The number of aromatic nitrogens is 3. The van der Waals surface area contributed by atoms with E-state index in [1.54, 1.807) is 0 Å². The second-order valence-corrected chi connectivity index (χ2v) is 4.58. The summed E-state index contributed by atoms with van der Waals surface area (Å²) in [7, 11) is 1.26. The molecule has 0 atom stereocenters. The highest BCUT2D eigenvalue weighted by Gasteiger charge is 2.29. The van der Waals surface area contributed by atoms with Crippen LogP contribution in [0.5, 0.6) is 0 Å². The van der Waals surface area contributed by atoms with Gasteiger partial charge in [0.2, 0.25) is 11.8 Å². The maximum Gasteiger partial charge on any atom is 0.360 e. The summed E-state index contributed by atoms with van der Waals surface area (Å²) >= 11 is 0. The third-order valence-corrected chi connectivity index (χ3v) is 3.29. The molecular formula is C12H17N5O4. The van der Waals surface area contributed by atoms with E-state index < -0.39 is 5.97 Å². The largest absolute Gasteiger partial charge is 0.464 e. The number of methoxy groups -OCH3 is 1. The Kier molecular flexibility index (Phi) is 4.63. The van der Waals surface area contributed by atoms with Crippen molar-refractivity contribution in [2.75, 3.05) is 20.2 Å². The molecule has 0 bridgehead atoms. The van der Waals surface area contributed by atoms with Gasteiger partial charge in [-0.2, -0.15) is 0 Å². The second-order valence-electron chi connectivity index (χ2n) is 4.58. The molecule has 9 heteroatoms. The Hall–Kier alpha value is -2.29. The van der Waals surface area contributed by atoms with Gasteiger partial charge in [0.1, 0.15) is 0 Å². The van der Waals surface area contributed by atoms with Gasteiger partial charge in [0.25, 0.3) is 0 Å². The minimum Gasteiger partial charge on any atom is -0.464 e. The van der Waals surface area contributed by atoms with Gasteiger partial charge in [-0.25, -0.2) is 9.48 Å².